The van der Waals surface area contributed by atoms with Gasteiger partial charge in [-0.05, 0) is 23.6 Å². The van der Waals surface area contributed by atoms with E-state index >= 15 is 0 Å². The zero-order valence-electron chi connectivity index (χ0n) is 14.4. The fraction of sp³-hybridized carbons (Fsp3) is 0. The van der Waals surface area contributed by atoms with E-state index in [1.54, 1.807) is 48.5 Å². The second-order valence-electron chi connectivity index (χ2n) is 6.19. The molecule has 0 amide bonds. The lowest BCUT2D eigenvalue weighted by Crippen LogP contribution is -2.00. The number of carbonyl (C=O) groups is 2. The van der Waals surface area contributed by atoms with E-state index in [0.29, 0.717) is 27.3 Å². The lowest BCUT2D eigenvalue weighted by molar-refractivity contribution is 0.0688. The molecule has 0 aliphatic rings. The number of rotatable bonds is 4. The van der Waals surface area contributed by atoms with Gasteiger partial charge < -0.3 is 20.1 Å². The van der Waals surface area contributed by atoms with Crippen LogP contribution in [-0.4, -0.2) is 27.3 Å². The quantitative estimate of drug-likeness (QED) is 0.470. The lowest BCUT2D eigenvalue weighted by atomic mass is 10.0. The van der Waals surface area contributed by atoms with E-state index in [0.717, 1.165) is 6.07 Å². The molecule has 0 fully saturated rings. The molecule has 6 heteroatoms. The van der Waals surface area contributed by atoms with Crippen LogP contribution in [0, 0.1) is 0 Å². The first kappa shape index (κ1) is 17.4. The van der Waals surface area contributed by atoms with Crippen molar-refractivity contribution < 1.29 is 29.6 Å². The summed E-state index contributed by atoms with van der Waals surface area (Å²) in [7, 11) is 0. The number of hydrogen-bond donors (Lipinski definition) is 3. The molecule has 0 aliphatic heterocycles. The average Bonchev–Trinajstić information content (AvgIpc) is 2.69. The zero-order chi connectivity index (χ0) is 19.8. The molecule has 0 saturated heterocycles. The van der Waals surface area contributed by atoms with Crippen molar-refractivity contribution in [2.45, 2.75) is 0 Å². The maximum atomic E-state index is 11.5. The normalized spacial score (nSPS) is 10.9. The molecule has 0 heterocycles. The Morgan fingerprint density at radius 1 is 0.679 bits per heavy atom. The number of carboxylic acid groups (broad SMARTS) is 2. The molecule has 4 aromatic carbocycles. The summed E-state index contributed by atoms with van der Waals surface area (Å²) in [5, 5.41) is 31.2. The van der Waals surface area contributed by atoms with Crippen LogP contribution in [0.3, 0.4) is 0 Å². The number of aromatic hydroxyl groups is 1. The molecule has 4 aromatic rings. The molecule has 0 atom stereocenters. The number of hydrogen-bond acceptors (Lipinski definition) is 4. The lowest BCUT2D eigenvalue weighted by Gasteiger charge is -2.15. The average molecular weight is 374 g/mol. The molecular weight excluding hydrogens is 360 g/mol. The van der Waals surface area contributed by atoms with Crippen molar-refractivity contribution in [1.82, 2.24) is 0 Å². The third kappa shape index (κ3) is 2.77. The standard InChI is InChI=1S/C22H14O6/c23-18-11-17(22(26)27)13-6-2-4-8-15(13)20(18)28-19-10-9-16(21(24)25)12-5-1-3-7-14(12)19/h1-11,23H,(H,24,25)(H,26,27). The Morgan fingerprint density at radius 2 is 1.21 bits per heavy atom. The number of ether oxygens (including phenoxy) is 1. The second kappa shape index (κ2) is 6.59. The first-order valence-corrected chi connectivity index (χ1v) is 8.38. The van der Waals surface area contributed by atoms with Gasteiger partial charge in [-0.15, -0.1) is 0 Å². The van der Waals surface area contributed by atoms with Crippen LogP contribution >= 0.6 is 0 Å². The minimum atomic E-state index is -1.16. The Hall–Kier alpha value is -4.06. The summed E-state index contributed by atoms with van der Waals surface area (Å²) in [5.41, 5.74) is 0.102. The van der Waals surface area contributed by atoms with E-state index in [4.69, 9.17) is 4.74 Å². The second-order valence-corrected chi connectivity index (χ2v) is 6.19. The van der Waals surface area contributed by atoms with Gasteiger partial charge in [-0.25, -0.2) is 9.59 Å². The zero-order valence-corrected chi connectivity index (χ0v) is 14.4. The van der Waals surface area contributed by atoms with Crippen molar-refractivity contribution in [1.29, 1.82) is 0 Å². The van der Waals surface area contributed by atoms with Crippen LogP contribution in [-0.2, 0) is 0 Å². The summed E-state index contributed by atoms with van der Waals surface area (Å²) in [5.74, 6) is -2.07. The van der Waals surface area contributed by atoms with Gasteiger partial charge in [-0.1, -0.05) is 48.5 Å². The Kier molecular flexibility index (Phi) is 4.08. The molecule has 138 valence electrons. The number of carboxylic acids is 2. The molecular formula is C22H14O6. The van der Waals surface area contributed by atoms with Gasteiger partial charge in [0.05, 0.1) is 11.1 Å². The highest BCUT2D eigenvalue weighted by molar-refractivity contribution is 6.08. The van der Waals surface area contributed by atoms with Gasteiger partial charge in [0.1, 0.15) is 5.75 Å². The van der Waals surface area contributed by atoms with E-state index in [2.05, 4.69) is 0 Å². The predicted octanol–water partition coefficient (Wildman–Crippen LogP) is 4.89. The molecule has 3 N–H and O–H groups in total. The molecule has 0 radical (unpaired) electrons. The van der Waals surface area contributed by atoms with E-state index < -0.39 is 11.9 Å². The molecule has 28 heavy (non-hydrogen) atoms. The van der Waals surface area contributed by atoms with Gasteiger partial charge in [0.15, 0.2) is 11.5 Å². The summed E-state index contributed by atoms with van der Waals surface area (Å²) < 4.78 is 5.97. The Labute approximate surface area is 158 Å². The van der Waals surface area contributed by atoms with Crippen molar-refractivity contribution in [3.63, 3.8) is 0 Å². The minimum Gasteiger partial charge on any atom is -0.504 e. The van der Waals surface area contributed by atoms with E-state index in [1.807, 2.05) is 0 Å². The summed E-state index contributed by atoms with van der Waals surface area (Å²) in [6.45, 7) is 0. The Morgan fingerprint density at radius 3 is 1.82 bits per heavy atom. The van der Waals surface area contributed by atoms with Crippen molar-refractivity contribution >= 4 is 33.5 Å². The van der Waals surface area contributed by atoms with Crippen LogP contribution in [0.1, 0.15) is 20.7 Å². The fourth-order valence-corrected chi connectivity index (χ4v) is 3.28. The first-order chi connectivity index (χ1) is 13.5. The van der Waals surface area contributed by atoms with E-state index in [1.165, 1.54) is 12.1 Å². The highest BCUT2D eigenvalue weighted by atomic mass is 16.5. The maximum Gasteiger partial charge on any atom is 0.336 e. The smallest absolute Gasteiger partial charge is 0.336 e. The van der Waals surface area contributed by atoms with Crippen LogP contribution in [0.2, 0.25) is 0 Å². The molecule has 4 rings (SSSR count). The third-order valence-electron chi connectivity index (χ3n) is 4.53. The minimum absolute atomic E-state index is 0.0356. The molecule has 6 nitrogen and oxygen atoms in total. The van der Waals surface area contributed by atoms with E-state index in [9.17, 15) is 24.9 Å². The van der Waals surface area contributed by atoms with Gasteiger partial charge in [0, 0.05) is 16.2 Å². The van der Waals surface area contributed by atoms with Crippen molar-refractivity contribution in [2.75, 3.05) is 0 Å². The van der Waals surface area contributed by atoms with Crippen LogP contribution in [0.25, 0.3) is 21.5 Å². The number of phenols is 1. The fourth-order valence-electron chi connectivity index (χ4n) is 3.28. The van der Waals surface area contributed by atoms with Gasteiger partial charge >= 0.3 is 11.9 Å². The topological polar surface area (TPSA) is 104 Å². The largest absolute Gasteiger partial charge is 0.504 e. The van der Waals surface area contributed by atoms with Crippen LogP contribution < -0.4 is 4.74 Å². The Bertz CT molecular complexity index is 1260. The highest BCUT2D eigenvalue weighted by Gasteiger charge is 2.19. The van der Waals surface area contributed by atoms with Gasteiger partial charge in [-0.3, -0.25) is 0 Å². The van der Waals surface area contributed by atoms with Crippen LogP contribution in [0.4, 0.5) is 0 Å². The van der Waals surface area contributed by atoms with Crippen molar-refractivity contribution in [3.8, 4) is 17.2 Å². The van der Waals surface area contributed by atoms with Crippen molar-refractivity contribution in [2.24, 2.45) is 0 Å². The number of fused-ring (bicyclic) bond motifs is 2. The summed E-state index contributed by atoms with van der Waals surface area (Å²) in [6.07, 6.45) is 0. The third-order valence-corrected chi connectivity index (χ3v) is 4.53. The predicted molar refractivity (Wildman–Crippen MR) is 104 cm³/mol. The molecule has 0 bridgehead atoms. The van der Waals surface area contributed by atoms with Crippen LogP contribution in [0.15, 0.2) is 66.7 Å². The molecule has 0 unspecified atom stereocenters. The van der Waals surface area contributed by atoms with Gasteiger partial charge in [0.2, 0.25) is 0 Å². The highest BCUT2D eigenvalue weighted by Crippen LogP contribution is 2.42. The van der Waals surface area contributed by atoms with E-state index in [-0.39, 0.29) is 22.6 Å². The first-order valence-electron chi connectivity index (χ1n) is 8.38. The number of benzene rings is 4. The van der Waals surface area contributed by atoms with Gasteiger partial charge in [-0.2, -0.15) is 0 Å². The monoisotopic (exact) mass is 374 g/mol. The summed E-state index contributed by atoms with van der Waals surface area (Å²) >= 11 is 0. The number of phenolic OH excluding ortho intramolecular Hbond substituents is 1. The van der Waals surface area contributed by atoms with Crippen LogP contribution in [0.5, 0.6) is 17.2 Å². The molecule has 0 aromatic heterocycles. The van der Waals surface area contributed by atoms with Gasteiger partial charge in [0.25, 0.3) is 0 Å². The summed E-state index contributed by atoms with van der Waals surface area (Å²) in [6, 6.07) is 17.7. The molecule has 0 saturated carbocycles. The SMILES string of the molecule is O=C(O)c1ccc(Oc2c(O)cc(C(=O)O)c3ccccc23)c2ccccc12. The molecule has 0 aliphatic carbocycles. The number of aromatic carboxylic acids is 2. The maximum absolute atomic E-state index is 11.5. The summed E-state index contributed by atoms with van der Waals surface area (Å²) in [4.78, 5) is 23.0. The molecule has 0 spiro atoms. The Balaban J connectivity index is 1.94. The van der Waals surface area contributed by atoms with Crippen molar-refractivity contribution in [3.05, 3.63) is 77.9 Å².